The molecule has 0 saturated heterocycles. The molecular weight excluding hydrogens is 164 g/mol. The van der Waals surface area contributed by atoms with Gasteiger partial charge in [0.2, 0.25) is 0 Å². The molecule has 0 radical (unpaired) electrons. The van der Waals surface area contributed by atoms with Gasteiger partial charge in [0.25, 0.3) is 0 Å². The Labute approximate surface area is 77.0 Å². The van der Waals surface area contributed by atoms with Crippen molar-refractivity contribution in [2.45, 2.75) is 27.2 Å². The van der Waals surface area contributed by atoms with E-state index in [0.29, 0.717) is 5.92 Å². The molecule has 0 atom stereocenters. The third kappa shape index (κ3) is 1.56. The van der Waals surface area contributed by atoms with Crippen LogP contribution in [0.3, 0.4) is 0 Å². The van der Waals surface area contributed by atoms with E-state index in [1.165, 1.54) is 5.69 Å². The summed E-state index contributed by atoms with van der Waals surface area (Å²) in [4.78, 5) is 4.26. The molecule has 13 heavy (non-hydrogen) atoms. The summed E-state index contributed by atoms with van der Waals surface area (Å²) < 4.78 is 1.73. The average molecular weight is 178 g/mol. The number of nitrogens with one attached hydrogen (secondary N) is 1. The summed E-state index contributed by atoms with van der Waals surface area (Å²) in [5, 5.41) is 7.38. The van der Waals surface area contributed by atoms with Gasteiger partial charge in [-0.3, -0.25) is 5.10 Å². The zero-order valence-electron chi connectivity index (χ0n) is 8.20. The molecule has 0 aromatic carbocycles. The van der Waals surface area contributed by atoms with E-state index in [2.05, 4.69) is 35.1 Å². The van der Waals surface area contributed by atoms with E-state index >= 15 is 0 Å². The van der Waals surface area contributed by atoms with Gasteiger partial charge >= 0.3 is 0 Å². The molecule has 0 fully saturated rings. The van der Waals surface area contributed by atoms with Crippen molar-refractivity contribution in [1.29, 1.82) is 0 Å². The minimum absolute atomic E-state index is 0.657. The van der Waals surface area contributed by atoms with Gasteiger partial charge in [0.1, 0.15) is 5.82 Å². The SMILES string of the molecule is Cc1nc2cc(CC(C)C)[nH]n2n1. The summed E-state index contributed by atoms with van der Waals surface area (Å²) in [6, 6.07) is 2.06. The van der Waals surface area contributed by atoms with Gasteiger partial charge in [0.15, 0.2) is 5.65 Å². The van der Waals surface area contributed by atoms with Gasteiger partial charge in [-0.25, -0.2) is 4.98 Å². The van der Waals surface area contributed by atoms with Crippen LogP contribution >= 0.6 is 0 Å². The van der Waals surface area contributed by atoms with Gasteiger partial charge in [-0.2, -0.15) is 4.63 Å². The van der Waals surface area contributed by atoms with Crippen LogP contribution in [0.5, 0.6) is 0 Å². The van der Waals surface area contributed by atoms with Crippen LogP contribution in [-0.2, 0) is 6.42 Å². The van der Waals surface area contributed by atoms with Crippen LogP contribution in [0.4, 0.5) is 0 Å². The summed E-state index contributed by atoms with van der Waals surface area (Å²) in [6.07, 6.45) is 1.05. The normalized spacial score (nSPS) is 11.7. The second-order valence-corrected chi connectivity index (χ2v) is 3.81. The standard InChI is InChI=1S/C9H14N4/c1-6(2)4-8-5-9-10-7(3)11-13(9)12-8/h5-6,12H,4H2,1-3H3. The summed E-state index contributed by atoms with van der Waals surface area (Å²) in [7, 11) is 0. The average Bonchev–Trinajstić information content (AvgIpc) is 2.41. The zero-order chi connectivity index (χ0) is 9.42. The van der Waals surface area contributed by atoms with Crippen molar-refractivity contribution in [1.82, 2.24) is 19.8 Å². The van der Waals surface area contributed by atoms with Crippen LogP contribution in [0.15, 0.2) is 6.07 Å². The molecule has 0 unspecified atom stereocenters. The van der Waals surface area contributed by atoms with Gasteiger partial charge in [0, 0.05) is 11.8 Å². The Kier molecular flexibility index (Phi) is 1.83. The van der Waals surface area contributed by atoms with E-state index in [-0.39, 0.29) is 0 Å². The Morgan fingerprint density at radius 2 is 2.31 bits per heavy atom. The summed E-state index contributed by atoms with van der Waals surface area (Å²) in [5.74, 6) is 1.46. The third-order valence-electron chi connectivity index (χ3n) is 1.92. The quantitative estimate of drug-likeness (QED) is 0.758. The fraction of sp³-hybridized carbons (Fsp3) is 0.556. The molecule has 2 aromatic heterocycles. The number of hydrogen-bond acceptors (Lipinski definition) is 2. The number of hydrogen-bond donors (Lipinski definition) is 1. The van der Waals surface area contributed by atoms with Crippen LogP contribution in [0.25, 0.3) is 5.65 Å². The topological polar surface area (TPSA) is 46.0 Å². The van der Waals surface area contributed by atoms with Crippen molar-refractivity contribution < 1.29 is 0 Å². The molecule has 4 nitrogen and oxygen atoms in total. The number of aryl methyl sites for hydroxylation is 1. The fourth-order valence-electron chi connectivity index (χ4n) is 1.48. The molecule has 2 rings (SSSR count). The Morgan fingerprint density at radius 1 is 1.54 bits per heavy atom. The molecule has 0 bridgehead atoms. The first-order chi connectivity index (χ1) is 6.15. The van der Waals surface area contributed by atoms with Crippen molar-refractivity contribution in [2.75, 3.05) is 0 Å². The smallest absolute Gasteiger partial charge is 0.175 e. The Hall–Kier alpha value is -1.32. The van der Waals surface area contributed by atoms with Crippen molar-refractivity contribution in [3.63, 3.8) is 0 Å². The van der Waals surface area contributed by atoms with E-state index in [9.17, 15) is 0 Å². The van der Waals surface area contributed by atoms with Crippen LogP contribution < -0.4 is 0 Å². The molecule has 0 saturated carbocycles. The molecule has 2 aromatic rings. The van der Waals surface area contributed by atoms with E-state index < -0.39 is 0 Å². The maximum atomic E-state index is 4.26. The minimum Gasteiger partial charge on any atom is -0.280 e. The second kappa shape index (κ2) is 2.87. The third-order valence-corrected chi connectivity index (χ3v) is 1.92. The lowest BCUT2D eigenvalue weighted by molar-refractivity contribution is 0.624. The van der Waals surface area contributed by atoms with Crippen LogP contribution in [0.1, 0.15) is 25.4 Å². The monoisotopic (exact) mass is 178 g/mol. The van der Waals surface area contributed by atoms with Crippen molar-refractivity contribution in [3.8, 4) is 0 Å². The van der Waals surface area contributed by atoms with Gasteiger partial charge in [0.05, 0.1) is 0 Å². The van der Waals surface area contributed by atoms with E-state index in [4.69, 9.17) is 0 Å². The highest BCUT2D eigenvalue weighted by Gasteiger charge is 2.05. The van der Waals surface area contributed by atoms with Crippen molar-refractivity contribution in [2.24, 2.45) is 5.92 Å². The number of rotatable bonds is 2. The largest absolute Gasteiger partial charge is 0.280 e. The van der Waals surface area contributed by atoms with Gasteiger partial charge < -0.3 is 0 Å². The lowest BCUT2D eigenvalue weighted by Gasteiger charge is -1.99. The Morgan fingerprint density at radius 3 is 2.92 bits per heavy atom. The summed E-state index contributed by atoms with van der Waals surface area (Å²) >= 11 is 0. The van der Waals surface area contributed by atoms with E-state index in [1.807, 2.05) is 6.92 Å². The fourth-order valence-corrected chi connectivity index (χ4v) is 1.48. The highest BCUT2D eigenvalue weighted by molar-refractivity contribution is 5.38. The molecule has 4 heteroatoms. The predicted molar refractivity (Wildman–Crippen MR) is 50.6 cm³/mol. The first-order valence-electron chi connectivity index (χ1n) is 4.56. The predicted octanol–water partition coefficient (Wildman–Crippen LogP) is 1.56. The van der Waals surface area contributed by atoms with Crippen LogP contribution in [0.2, 0.25) is 0 Å². The lowest BCUT2D eigenvalue weighted by Crippen LogP contribution is -1.96. The number of fused-ring (bicyclic) bond motifs is 1. The highest BCUT2D eigenvalue weighted by atomic mass is 15.5. The van der Waals surface area contributed by atoms with Crippen LogP contribution in [-0.4, -0.2) is 19.8 Å². The number of H-pyrrole nitrogens is 1. The molecule has 1 N–H and O–H groups in total. The minimum atomic E-state index is 0.657. The first kappa shape index (κ1) is 8.29. The number of aromatic nitrogens is 4. The van der Waals surface area contributed by atoms with E-state index in [1.54, 1.807) is 4.63 Å². The molecule has 70 valence electrons. The Bertz CT molecular complexity index is 379. The second-order valence-electron chi connectivity index (χ2n) is 3.81. The van der Waals surface area contributed by atoms with Gasteiger partial charge in [-0.1, -0.05) is 13.8 Å². The van der Waals surface area contributed by atoms with Crippen molar-refractivity contribution in [3.05, 3.63) is 17.6 Å². The molecule has 0 aliphatic carbocycles. The molecular formula is C9H14N4. The maximum absolute atomic E-state index is 4.26. The Balaban J connectivity index is 2.34. The molecule has 0 amide bonds. The number of nitrogens with zero attached hydrogens (tertiary/aromatic N) is 3. The van der Waals surface area contributed by atoms with Gasteiger partial charge in [-0.05, 0) is 19.3 Å². The van der Waals surface area contributed by atoms with Gasteiger partial charge in [-0.15, -0.1) is 5.10 Å². The number of aromatic amines is 1. The molecule has 0 aliphatic rings. The zero-order valence-corrected chi connectivity index (χ0v) is 8.20. The molecule has 2 heterocycles. The summed E-state index contributed by atoms with van der Waals surface area (Å²) in [5.41, 5.74) is 2.11. The first-order valence-corrected chi connectivity index (χ1v) is 4.56. The summed E-state index contributed by atoms with van der Waals surface area (Å²) in [6.45, 7) is 6.29. The van der Waals surface area contributed by atoms with E-state index in [0.717, 1.165) is 17.9 Å². The highest BCUT2D eigenvalue weighted by Crippen LogP contribution is 2.08. The maximum Gasteiger partial charge on any atom is 0.175 e. The molecule has 0 spiro atoms. The lowest BCUT2D eigenvalue weighted by atomic mass is 10.1. The molecule has 0 aliphatic heterocycles. The van der Waals surface area contributed by atoms with Crippen molar-refractivity contribution >= 4 is 5.65 Å². The van der Waals surface area contributed by atoms with Crippen LogP contribution in [0, 0.1) is 12.8 Å².